The average molecular weight is 231 g/mol. The molecule has 1 aromatic rings. The van der Waals surface area contributed by atoms with E-state index < -0.39 is 0 Å². The van der Waals surface area contributed by atoms with E-state index in [1.54, 1.807) is 0 Å². The minimum atomic E-state index is 0.165. The Morgan fingerprint density at radius 1 is 1.35 bits per heavy atom. The van der Waals surface area contributed by atoms with Crippen molar-refractivity contribution in [2.24, 2.45) is 11.7 Å². The lowest BCUT2D eigenvalue weighted by Crippen LogP contribution is -2.34. The minimum Gasteiger partial charge on any atom is -0.384 e. The summed E-state index contributed by atoms with van der Waals surface area (Å²) in [5, 5.41) is 7.66. The van der Waals surface area contributed by atoms with E-state index in [1.165, 1.54) is 18.4 Å². The van der Waals surface area contributed by atoms with E-state index in [9.17, 15) is 0 Å². The molecule has 1 fully saturated rings. The molecular formula is C14H21N3. The summed E-state index contributed by atoms with van der Waals surface area (Å²) in [6, 6.07) is 6.13. The van der Waals surface area contributed by atoms with Crippen LogP contribution in [0.4, 0.5) is 5.69 Å². The number of anilines is 1. The van der Waals surface area contributed by atoms with Gasteiger partial charge in [-0.25, -0.2) is 0 Å². The molecule has 1 aromatic carbocycles. The lowest BCUT2D eigenvalue weighted by molar-refractivity contribution is 0.438. The lowest BCUT2D eigenvalue weighted by Gasteiger charge is -2.33. The van der Waals surface area contributed by atoms with E-state index in [4.69, 9.17) is 11.1 Å². The number of nitrogens with one attached hydrogen (secondary N) is 1. The molecule has 0 saturated carbocycles. The zero-order chi connectivity index (χ0) is 12.4. The third-order valence-corrected chi connectivity index (χ3v) is 3.57. The Morgan fingerprint density at radius 2 is 2.00 bits per heavy atom. The standard InChI is InChI=1S/C14H21N3/c1-10-5-7-17(8-6-10)13-9-11(2)3-4-12(13)14(15)16/h3-4,9-10H,5-8H2,1-2H3,(H3,15,16). The number of benzene rings is 1. The van der Waals surface area contributed by atoms with Crippen LogP contribution in [-0.2, 0) is 0 Å². The van der Waals surface area contributed by atoms with E-state index in [0.29, 0.717) is 0 Å². The Morgan fingerprint density at radius 3 is 2.59 bits per heavy atom. The molecule has 3 N–H and O–H groups in total. The van der Waals surface area contributed by atoms with Crippen molar-refractivity contribution in [3.8, 4) is 0 Å². The smallest absolute Gasteiger partial charge is 0.124 e. The molecule has 2 rings (SSSR count). The first-order chi connectivity index (χ1) is 8.08. The van der Waals surface area contributed by atoms with Crippen molar-refractivity contribution in [1.82, 2.24) is 0 Å². The number of aryl methyl sites for hydroxylation is 1. The second-order valence-electron chi connectivity index (χ2n) is 5.10. The van der Waals surface area contributed by atoms with Crippen molar-refractivity contribution in [2.75, 3.05) is 18.0 Å². The van der Waals surface area contributed by atoms with Gasteiger partial charge in [-0.15, -0.1) is 0 Å². The van der Waals surface area contributed by atoms with Gasteiger partial charge in [-0.05, 0) is 43.4 Å². The maximum Gasteiger partial charge on any atom is 0.124 e. The van der Waals surface area contributed by atoms with Gasteiger partial charge in [0.25, 0.3) is 0 Å². The first kappa shape index (κ1) is 12.0. The number of hydrogen-bond acceptors (Lipinski definition) is 2. The van der Waals surface area contributed by atoms with Crippen molar-refractivity contribution in [2.45, 2.75) is 26.7 Å². The zero-order valence-electron chi connectivity index (χ0n) is 10.7. The topological polar surface area (TPSA) is 53.1 Å². The van der Waals surface area contributed by atoms with Crippen molar-refractivity contribution < 1.29 is 0 Å². The molecule has 0 aromatic heterocycles. The van der Waals surface area contributed by atoms with Gasteiger partial charge in [0.2, 0.25) is 0 Å². The van der Waals surface area contributed by atoms with Crippen LogP contribution in [0.25, 0.3) is 0 Å². The molecule has 0 radical (unpaired) electrons. The van der Waals surface area contributed by atoms with Gasteiger partial charge in [0.1, 0.15) is 5.84 Å². The van der Waals surface area contributed by atoms with Gasteiger partial charge in [-0.3, -0.25) is 5.41 Å². The van der Waals surface area contributed by atoms with Crippen molar-refractivity contribution in [3.63, 3.8) is 0 Å². The fourth-order valence-electron chi connectivity index (χ4n) is 2.38. The largest absolute Gasteiger partial charge is 0.384 e. The Balaban J connectivity index is 2.30. The summed E-state index contributed by atoms with van der Waals surface area (Å²) in [6.07, 6.45) is 2.45. The number of rotatable bonds is 2. The van der Waals surface area contributed by atoms with E-state index in [-0.39, 0.29) is 5.84 Å². The Bertz CT molecular complexity index is 417. The number of nitrogens with zero attached hydrogens (tertiary/aromatic N) is 1. The molecule has 1 heterocycles. The van der Waals surface area contributed by atoms with Gasteiger partial charge in [-0.1, -0.05) is 13.0 Å². The van der Waals surface area contributed by atoms with E-state index in [0.717, 1.165) is 30.3 Å². The Labute approximate surface area is 103 Å². The third kappa shape index (κ3) is 2.60. The second kappa shape index (κ2) is 4.78. The van der Waals surface area contributed by atoms with Crippen LogP contribution in [0, 0.1) is 18.3 Å². The number of nitrogens with two attached hydrogens (primary N) is 1. The van der Waals surface area contributed by atoms with E-state index in [1.807, 2.05) is 12.1 Å². The third-order valence-electron chi connectivity index (χ3n) is 3.57. The predicted octanol–water partition coefficient (Wildman–Crippen LogP) is 2.52. The second-order valence-corrected chi connectivity index (χ2v) is 5.10. The van der Waals surface area contributed by atoms with E-state index in [2.05, 4.69) is 24.8 Å². The first-order valence-corrected chi connectivity index (χ1v) is 6.28. The number of amidine groups is 1. The molecule has 1 aliphatic heterocycles. The average Bonchev–Trinajstić information content (AvgIpc) is 2.29. The highest BCUT2D eigenvalue weighted by molar-refractivity contribution is 6.00. The summed E-state index contributed by atoms with van der Waals surface area (Å²) < 4.78 is 0. The van der Waals surface area contributed by atoms with Crippen LogP contribution >= 0.6 is 0 Å². The molecule has 0 unspecified atom stereocenters. The quantitative estimate of drug-likeness (QED) is 0.607. The van der Waals surface area contributed by atoms with E-state index >= 15 is 0 Å². The minimum absolute atomic E-state index is 0.165. The van der Waals surface area contributed by atoms with Crippen LogP contribution in [0.3, 0.4) is 0 Å². The molecule has 17 heavy (non-hydrogen) atoms. The molecular weight excluding hydrogens is 210 g/mol. The molecule has 92 valence electrons. The summed E-state index contributed by atoms with van der Waals surface area (Å²) in [7, 11) is 0. The highest BCUT2D eigenvalue weighted by atomic mass is 15.1. The van der Waals surface area contributed by atoms with Crippen LogP contribution in [0.1, 0.15) is 30.9 Å². The van der Waals surface area contributed by atoms with Gasteiger partial charge in [-0.2, -0.15) is 0 Å². The van der Waals surface area contributed by atoms with Gasteiger partial charge >= 0.3 is 0 Å². The maximum atomic E-state index is 7.66. The SMILES string of the molecule is Cc1ccc(C(=N)N)c(N2CCC(C)CC2)c1. The molecule has 1 aliphatic rings. The number of hydrogen-bond donors (Lipinski definition) is 2. The van der Waals surface area contributed by atoms with Crippen molar-refractivity contribution >= 4 is 11.5 Å². The molecule has 1 saturated heterocycles. The fraction of sp³-hybridized carbons (Fsp3) is 0.500. The molecule has 0 spiro atoms. The van der Waals surface area contributed by atoms with Gasteiger partial charge in [0, 0.05) is 24.3 Å². The Kier molecular flexibility index (Phi) is 3.36. The van der Waals surface area contributed by atoms with Gasteiger partial charge < -0.3 is 10.6 Å². The summed E-state index contributed by atoms with van der Waals surface area (Å²) in [5.74, 6) is 0.982. The molecule has 3 heteroatoms. The summed E-state index contributed by atoms with van der Waals surface area (Å²) in [4.78, 5) is 2.36. The fourth-order valence-corrected chi connectivity index (χ4v) is 2.38. The van der Waals surface area contributed by atoms with Crippen molar-refractivity contribution in [1.29, 1.82) is 5.41 Å². The molecule has 0 amide bonds. The molecule has 0 aliphatic carbocycles. The number of nitrogen functional groups attached to an aromatic ring is 1. The van der Waals surface area contributed by atoms with Crippen LogP contribution < -0.4 is 10.6 Å². The maximum absolute atomic E-state index is 7.66. The monoisotopic (exact) mass is 231 g/mol. The van der Waals surface area contributed by atoms with Crippen molar-refractivity contribution in [3.05, 3.63) is 29.3 Å². The highest BCUT2D eigenvalue weighted by Crippen LogP contribution is 2.27. The van der Waals surface area contributed by atoms with Crippen LogP contribution in [0.15, 0.2) is 18.2 Å². The molecule has 0 atom stereocenters. The van der Waals surface area contributed by atoms with Gasteiger partial charge in [0.15, 0.2) is 0 Å². The summed E-state index contributed by atoms with van der Waals surface area (Å²) in [6.45, 7) is 6.54. The Hall–Kier alpha value is -1.51. The normalized spacial score (nSPS) is 17.2. The van der Waals surface area contributed by atoms with Crippen LogP contribution in [0.2, 0.25) is 0 Å². The highest BCUT2D eigenvalue weighted by Gasteiger charge is 2.19. The molecule has 0 bridgehead atoms. The molecule has 3 nitrogen and oxygen atoms in total. The predicted molar refractivity (Wildman–Crippen MR) is 72.8 cm³/mol. The van der Waals surface area contributed by atoms with Gasteiger partial charge in [0.05, 0.1) is 0 Å². The first-order valence-electron chi connectivity index (χ1n) is 6.28. The van der Waals surface area contributed by atoms with Crippen LogP contribution in [0.5, 0.6) is 0 Å². The summed E-state index contributed by atoms with van der Waals surface area (Å²) >= 11 is 0. The number of piperidine rings is 1. The summed E-state index contributed by atoms with van der Waals surface area (Å²) in [5.41, 5.74) is 8.88. The lowest BCUT2D eigenvalue weighted by atomic mass is 9.97. The zero-order valence-corrected chi connectivity index (χ0v) is 10.7. The van der Waals surface area contributed by atoms with Crippen LogP contribution in [-0.4, -0.2) is 18.9 Å².